The number of amides is 1. The van der Waals surface area contributed by atoms with Crippen molar-refractivity contribution in [3.63, 3.8) is 0 Å². The molecular formula is C11H21NO3. The summed E-state index contributed by atoms with van der Waals surface area (Å²) in [6.45, 7) is 3.25. The smallest absolute Gasteiger partial charge is 0.222 e. The molecule has 0 aliphatic carbocycles. The van der Waals surface area contributed by atoms with Gasteiger partial charge in [0.1, 0.15) is 0 Å². The number of hydrogen-bond acceptors (Lipinski definition) is 3. The van der Waals surface area contributed by atoms with Gasteiger partial charge in [-0.15, -0.1) is 0 Å². The minimum absolute atomic E-state index is 0.128. The Balaban J connectivity index is 2.26. The number of carbonyl (C=O) groups excluding carboxylic acids is 1. The first-order chi connectivity index (χ1) is 7.13. The fraction of sp³-hybridized carbons (Fsp3) is 0.909. The van der Waals surface area contributed by atoms with E-state index in [1.807, 2.05) is 6.92 Å². The Kier molecular flexibility index (Phi) is 5.05. The van der Waals surface area contributed by atoms with Crippen molar-refractivity contribution in [2.24, 2.45) is 0 Å². The van der Waals surface area contributed by atoms with Crippen molar-refractivity contribution in [3.05, 3.63) is 0 Å². The molecule has 88 valence electrons. The first-order valence-electron chi connectivity index (χ1n) is 5.62. The number of hydrogen-bond donors (Lipinski definition) is 1. The van der Waals surface area contributed by atoms with E-state index < -0.39 is 0 Å². The van der Waals surface area contributed by atoms with Crippen LogP contribution in [0.4, 0.5) is 0 Å². The van der Waals surface area contributed by atoms with Crippen LogP contribution in [0.15, 0.2) is 0 Å². The van der Waals surface area contributed by atoms with E-state index >= 15 is 0 Å². The standard InChI is InChI=1S/C11H21NO3/c1-9(15-2)5-6-11(14)12-7-3-4-10(13)8-12/h9-10,13H,3-8H2,1-2H3. The van der Waals surface area contributed by atoms with Crippen LogP contribution >= 0.6 is 0 Å². The second-order valence-electron chi connectivity index (χ2n) is 4.22. The van der Waals surface area contributed by atoms with Gasteiger partial charge in [-0.05, 0) is 26.2 Å². The normalized spacial score (nSPS) is 23.9. The summed E-state index contributed by atoms with van der Waals surface area (Å²) in [4.78, 5) is 13.5. The Hall–Kier alpha value is -0.610. The van der Waals surface area contributed by atoms with Gasteiger partial charge in [0.05, 0.1) is 12.2 Å². The molecule has 15 heavy (non-hydrogen) atoms. The number of β-amino-alcohol motifs (C(OH)–C–C–N with tert-alkyl or cyclic N) is 1. The van der Waals surface area contributed by atoms with Crippen LogP contribution in [0.1, 0.15) is 32.6 Å². The average molecular weight is 215 g/mol. The largest absolute Gasteiger partial charge is 0.391 e. The van der Waals surface area contributed by atoms with E-state index in [2.05, 4.69) is 0 Å². The SMILES string of the molecule is COC(C)CCC(=O)N1CCCC(O)C1. The van der Waals surface area contributed by atoms with Gasteiger partial charge in [-0.1, -0.05) is 0 Å². The Morgan fingerprint density at radius 3 is 3.00 bits per heavy atom. The number of rotatable bonds is 4. The molecule has 4 heteroatoms. The van der Waals surface area contributed by atoms with Gasteiger partial charge in [-0.3, -0.25) is 4.79 Å². The maximum Gasteiger partial charge on any atom is 0.222 e. The third-order valence-corrected chi connectivity index (χ3v) is 2.92. The number of methoxy groups -OCH3 is 1. The fourth-order valence-corrected chi connectivity index (χ4v) is 1.78. The van der Waals surface area contributed by atoms with Crippen LogP contribution in [0.25, 0.3) is 0 Å². The minimum Gasteiger partial charge on any atom is -0.391 e. The van der Waals surface area contributed by atoms with E-state index in [0.29, 0.717) is 13.0 Å². The summed E-state index contributed by atoms with van der Waals surface area (Å²) < 4.78 is 5.09. The van der Waals surface area contributed by atoms with Crippen molar-refractivity contribution in [1.29, 1.82) is 0 Å². The van der Waals surface area contributed by atoms with Gasteiger partial charge in [0.15, 0.2) is 0 Å². The zero-order chi connectivity index (χ0) is 11.3. The molecule has 0 aromatic carbocycles. The first kappa shape index (κ1) is 12.5. The van der Waals surface area contributed by atoms with Crippen molar-refractivity contribution in [2.45, 2.75) is 44.8 Å². The van der Waals surface area contributed by atoms with Gasteiger partial charge in [-0.25, -0.2) is 0 Å². The van der Waals surface area contributed by atoms with Crippen LogP contribution in [-0.4, -0.2) is 48.3 Å². The predicted molar refractivity (Wildman–Crippen MR) is 57.5 cm³/mol. The number of likely N-dealkylation sites (tertiary alicyclic amines) is 1. The molecule has 0 spiro atoms. The molecule has 0 bridgehead atoms. The van der Waals surface area contributed by atoms with E-state index in [1.165, 1.54) is 0 Å². The molecule has 1 heterocycles. The Morgan fingerprint density at radius 1 is 1.67 bits per heavy atom. The van der Waals surface area contributed by atoms with E-state index in [9.17, 15) is 9.90 Å². The fourth-order valence-electron chi connectivity index (χ4n) is 1.78. The molecule has 2 unspecified atom stereocenters. The molecule has 1 saturated heterocycles. The summed E-state index contributed by atoms with van der Waals surface area (Å²) in [5.74, 6) is 0.137. The van der Waals surface area contributed by atoms with Crippen molar-refractivity contribution in [1.82, 2.24) is 4.90 Å². The topological polar surface area (TPSA) is 49.8 Å². The van der Waals surface area contributed by atoms with Crippen LogP contribution < -0.4 is 0 Å². The molecule has 2 atom stereocenters. The molecule has 0 saturated carbocycles. The van der Waals surface area contributed by atoms with E-state index in [1.54, 1.807) is 12.0 Å². The van der Waals surface area contributed by atoms with E-state index in [4.69, 9.17) is 4.74 Å². The second kappa shape index (κ2) is 6.08. The lowest BCUT2D eigenvalue weighted by atomic mass is 10.1. The highest BCUT2D eigenvalue weighted by atomic mass is 16.5. The number of ether oxygens (including phenoxy) is 1. The number of nitrogens with zero attached hydrogens (tertiary/aromatic N) is 1. The van der Waals surface area contributed by atoms with E-state index in [0.717, 1.165) is 25.8 Å². The van der Waals surface area contributed by atoms with Crippen LogP contribution in [0.3, 0.4) is 0 Å². The summed E-state index contributed by atoms with van der Waals surface area (Å²) in [5, 5.41) is 9.43. The quantitative estimate of drug-likeness (QED) is 0.754. The molecule has 0 radical (unpaired) electrons. The molecule has 1 aliphatic heterocycles. The average Bonchev–Trinajstić information content (AvgIpc) is 2.25. The molecule has 1 aliphatic rings. The molecule has 0 aromatic rings. The lowest BCUT2D eigenvalue weighted by Gasteiger charge is -2.30. The predicted octanol–water partition coefficient (Wildman–Crippen LogP) is 0.785. The maximum atomic E-state index is 11.7. The maximum absolute atomic E-state index is 11.7. The number of carbonyl (C=O) groups is 1. The molecule has 1 N–H and O–H groups in total. The molecule has 0 aromatic heterocycles. The second-order valence-corrected chi connectivity index (χ2v) is 4.22. The zero-order valence-corrected chi connectivity index (χ0v) is 9.61. The molecular weight excluding hydrogens is 194 g/mol. The monoisotopic (exact) mass is 215 g/mol. The molecule has 1 rings (SSSR count). The van der Waals surface area contributed by atoms with Crippen LogP contribution in [0.2, 0.25) is 0 Å². The summed E-state index contributed by atoms with van der Waals surface area (Å²) in [5.41, 5.74) is 0. The Labute approximate surface area is 91.2 Å². The highest BCUT2D eigenvalue weighted by Crippen LogP contribution is 2.12. The van der Waals surface area contributed by atoms with Gasteiger partial charge >= 0.3 is 0 Å². The highest BCUT2D eigenvalue weighted by molar-refractivity contribution is 5.76. The van der Waals surface area contributed by atoms with Gasteiger partial charge < -0.3 is 14.7 Å². The van der Waals surface area contributed by atoms with Crippen molar-refractivity contribution in [3.8, 4) is 0 Å². The Morgan fingerprint density at radius 2 is 2.40 bits per heavy atom. The van der Waals surface area contributed by atoms with Crippen molar-refractivity contribution < 1.29 is 14.6 Å². The van der Waals surface area contributed by atoms with Gasteiger partial charge in [0, 0.05) is 26.6 Å². The van der Waals surface area contributed by atoms with Crippen molar-refractivity contribution in [2.75, 3.05) is 20.2 Å². The van der Waals surface area contributed by atoms with Gasteiger partial charge in [0.2, 0.25) is 5.91 Å². The summed E-state index contributed by atoms with van der Waals surface area (Å²) in [6, 6.07) is 0. The first-order valence-corrected chi connectivity index (χ1v) is 5.62. The third kappa shape index (κ3) is 4.18. The third-order valence-electron chi connectivity index (χ3n) is 2.92. The minimum atomic E-state index is -0.331. The molecule has 4 nitrogen and oxygen atoms in total. The molecule has 1 fully saturated rings. The van der Waals surface area contributed by atoms with E-state index in [-0.39, 0.29) is 18.1 Å². The molecule has 1 amide bonds. The van der Waals surface area contributed by atoms with Crippen molar-refractivity contribution >= 4 is 5.91 Å². The Bertz CT molecular complexity index is 208. The number of aliphatic hydroxyl groups excluding tert-OH is 1. The summed E-state index contributed by atoms with van der Waals surface area (Å²) >= 11 is 0. The number of aliphatic hydroxyl groups is 1. The zero-order valence-electron chi connectivity index (χ0n) is 9.61. The van der Waals surface area contributed by atoms with Gasteiger partial charge in [0.25, 0.3) is 0 Å². The van der Waals surface area contributed by atoms with Crippen LogP contribution in [0.5, 0.6) is 0 Å². The lowest BCUT2D eigenvalue weighted by Crippen LogP contribution is -2.42. The lowest BCUT2D eigenvalue weighted by molar-refractivity contribution is -0.134. The van der Waals surface area contributed by atoms with Crippen LogP contribution in [-0.2, 0) is 9.53 Å². The summed E-state index contributed by atoms with van der Waals surface area (Å²) in [6.07, 6.45) is 2.79. The van der Waals surface area contributed by atoms with Gasteiger partial charge in [-0.2, -0.15) is 0 Å². The summed E-state index contributed by atoms with van der Waals surface area (Å²) in [7, 11) is 1.65. The highest BCUT2D eigenvalue weighted by Gasteiger charge is 2.21. The van der Waals surface area contributed by atoms with Crippen LogP contribution in [0, 0.1) is 0 Å². The number of piperidine rings is 1.